The highest BCUT2D eigenvalue weighted by atomic mass is 79.9. The lowest BCUT2D eigenvalue weighted by molar-refractivity contribution is -0.115. The number of halogens is 1. The number of Topliss-reactive ketones (excluding diaryl/α,β-unsaturated/α-hetero) is 1. The molecule has 0 saturated carbocycles. The summed E-state index contributed by atoms with van der Waals surface area (Å²) in [6, 6.07) is 13.3. The van der Waals surface area contributed by atoms with E-state index in [1.807, 2.05) is 63.2 Å². The summed E-state index contributed by atoms with van der Waals surface area (Å²) in [5, 5.41) is 10.8. The lowest BCUT2D eigenvalue weighted by Crippen LogP contribution is -2.25. The van der Waals surface area contributed by atoms with Crippen molar-refractivity contribution < 1.29 is 14.6 Å². The molecule has 0 aromatic heterocycles. The summed E-state index contributed by atoms with van der Waals surface area (Å²) in [6.07, 6.45) is 1.89. The first-order valence-electron chi connectivity index (χ1n) is 8.85. The summed E-state index contributed by atoms with van der Waals surface area (Å²) in [7, 11) is 0. The maximum absolute atomic E-state index is 12.6. The molecular weight excluding hydrogens is 392 g/mol. The van der Waals surface area contributed by atoms with Crippen molar-refractivity contribution in [2.45, 2.75) is 40.0 Å². The summed E-state index contributed by atoms with van der Waals surface area (Å²) >= 11 is 3.41. The molecule has 0 unspecified atom stereocenters. The number of aliphatic hydroxyl groups excluding tert-OH is 1. The summed E-state index contributed by atoms with van der Waals surface area (Å²) in [4.78, 5) is 12.6. The molecule has 26 heavy (non-hydrogen) atoms. The van der Waals surface area contributed by atoms with E-state index < -0.39 is 5.41 Å². The van der Waals surface area contributed by atoms with E-state index in [1.165, 1.54) is 0 Å². The van der Waals surface area contributed by atoms with Gasteiger partial charge in [-0.1, -0.05) is 42.8 Å². The third-order valence-electron chi connectivity index (χ3n) is 4.91. The van der Waals surface area contributed by atoms with Gasteiger partial charge < -0.3 is 9.84 Å². The molecule has 0 atom stereocenters. The number of carbonyl (C=O) groups is 1. The Hall–Kier alpha value is -2.07. The fourth-order valence-corrected chi connectivity index (χ4v) is 3.48. The van der Waals surface area contributed by atoms with Crippen molar-refractivity contribution in [2.75, 3.05) is 0 Å². The monoisotopic (exact) mass is 414 g/mol. The molecule has 0 aliphatic heterocycles. The Bertz CT molecular complexity index is 863. The van der Waals surface area contributed by atoms with E-state index in [2.05, 4.69) is 15.9 Å². The minimum atomic E-state index is -0.392. The van der Waals surface area contributed by atoms with E-state index in [-0.39, 0.29) is 11.5 Å². The normalized spacial score (nSPS) is 16.7. The molecule has 1 aliphatic carbocycles. The molecule has 0 fully saturated rings. The predicted octanol–water partition coefficient (Wildman–Crippen LogP) is 6.46. The van der Waals surface area contributed by atoms with Gasteiger partial charge in [0.1, 0.15) is 17.3 Å². The number of hydrogen-bond donors (Lipinski definition) is 1. The highest BCUT2D eigenvalue weighted by molar-refractivity contribution is 9.10. The molecule has 136 valence electrons. The Morgan fingerprint density at radius 1 is 1.12 bits per heavy atom. The molecule has 2 aromatic rings. The molecule has 0 saturated heterocycles. The number of allylic oxidation sites excluding steroid dienone is 2. The van der Waals surface area contributed by atoms with Gasteiger partial charge in [0.2, 0.25) is 0 Å². The highest BCUT2D eigenvalue weighted by Gasteiger charge is 2.35. The van der Waals surface area contributed by atoms with Gasteiger partial charge in [-0.2, -0.15) is 0 Å². The van der Waals surface area contributed by atoms with Crippen LogP contribution in [0.25, 0.3) is 5.57 Å². The number of benzene rings is 2. The van der Waals surface area contributed by atoms with Gasteiger partial charge in [-0.3, -0.25) is 4.79 Å². The number of ether oxygens (including phenoxy) is 1. The zero-order valence-corrected chi connectivity index (χ0v) is 16.9. The number of aliphatic hydroxyl groups is 1. The number of aryl methyl sites for hydroxylation is 1. The zero-order valence-electron chi connectivity index (χ0n) is 15.3. The second kappa shape index (κ2) is 7.28. The topological polar surface area (TPSA) is 46.5 Å². The second-order valence-electron chi connectivity index (χ2n) is 7.26. The fourth-order valence-electron chi connectivity index (χ4n) is 3.22. The Morgan fingerprint density at radius 3 is 2.42 bits per heavy atom. The van der Waals surface area contributed by atoms with E-state index >= 15 is 0 Å². The Balaban J connectivity index is 2.06. The molecule has 3 nitrogen and oxygen atoms in total. The van der Waals surface area contributed by atoms with E-state index in [0.717, 1.165) is 27.8 Å². The standard InChI is InChI=1S/C22H23BrO3/c1-4-14-5-8-17(26-16-9-6-15(23)7-10-16)13-18(14)20-19(24)11-12-22(2,3)21(20)25/h5-10,13,25H,4,11-12H2,1-3H3. The molecular formula is C22H23BrO3. The van der Waals surface area contributed by atoms with E-state index in [1.54, 1.807) is 0 Å². The number of hydrogen-bond acceptors (Lipinski definition) is 3. The Kier molecular flexibility index (Phi) is 5.24. The molecule has 0 heterocycles. The maximum Gasteiger partial charge on any atom is 0.166 e. The van der Waals surface area contributed by atoms with Crippen LogP contribution in [0.1, 0.15) is 44.7 Å². The largest absolute Gasteiger partial charge is 0.511 e. The van der Waals surface area contributed by atoms with Gasteiger partial charge in [0.25, 0.3) is 0 Å². The van der Waals surface area contributed by atoms with Crippen LogP contribution in [0, 0.1) is 5.41 Å². The van der Waals surface area contributed by atoms with E-state index in [0.29, 0.717) is 24.2 Å². The number of ketones is 1. The molecule has 1 aliphatic rings. The molecule has 3 rings (SSSR count). The van der Waals surface area contributed by atoms with Crippen LogP contribution in [0.2, 0.25) is 0 Å². The maximum atomic E-state index is 12.6. The lowest BCUT2D eigenvalue weighted by Gasteiger charge is -2.31. The molecule has 0 spiro atoms. The van der Waals surface area contributed by atoms with Gasteiger partial charge >= 0.3 is 0 Å². The smallest absolute Gasteiger partial charge is 0.166 e. The zero-order chi connectivity index (χ0) is 18.9. The van der Waals surface area contributed by atoms with Gasteiger partial charge in [0, 0.05) is 16.3 Å². The van der Waals surface area contributed by atoms with Crippen molar-refractivity contribution in [3.8, 4) is 11.5 Å². The molecule has 2 aromatic carbocycles. The van der Waals surface area contributed by atoms with Crippen LogP contribution >= 0.6 is 15.9 Å². The van der Waals surface area contributed by atoms with Gasteiger partial charge in [0.05, 0.1) is 5.57 Å². The minimum Gasteiger partial charge on any atom is -0.511 e. The van der Waals surface area contributed by atoms with Crippen molar-refractivity contribution in [1.82, 2.24) is 0 Å². The van der Waals surface area contributed by atoms with Gasteiger partial charge in [0.15, 0.2) is 5.78 Å². The van der Waals surface area contributed by atoms with E-state index in [4.69, 9.17) is 4.74 Å². The molecule has 1 N–H and O–H groups in total. The Morgan fingerprint density at radius 2 is 1.77 bits per heavy atom. The van der Waals surface area contributed by atoms with Crippen molar-refractivity contribution >= 4 is 27.3 Å². The predicted molar refractivity (Wildman–Crippen MR) is 108 cm³/mol. The van der Waals surface area contributed by atoms with Crippen LogP contribution in [0.15, 0.2) is 52.7 Å². The van der Waals surface area contributed by atoms with Crippen molar-refractivity contribution in [1.29, 1.82) is 0 Å². The minimum absolute atomic E-state index is 0.00248. The summed E-state index contributed by atoms with van der Waals surface area (Å²) < 4.78 is 6.93. The SMILES string of the molecule is CCc1ccc(Oc2ccc(Br)cc2)cc1C1=C(O)C(C)(C)CCC1=O. The third-order valence-corrected chi connectivity index (χ3v) is 5.44. The van der Waals surface area contributed by atoms with Crippen LogP contribution in [-0.2, 0) is 11.2 Å². The van der Waals surface area contributed by atoms with Gasteiger partial charge in [-0.25, -0.2) is 0 Å². The van der Waals surface area contributed by atoms with Crippen LogP contribution in [0.5, 0.6) is 11.5 Å². The third kappa shape index (κ3) is 3.70. The second-order valence-corrected chi connectivity index (χ2v) is 8.17. The lowest BCUT2D eigenvalue weighted by atomic mass is 9.74. The summed E-state index contributed by atoms with van der Waals surface area (Å²) in [5.74, 6) is 1.55. The first kappa shape index (κ1) is 18.7. The average Bonchev–Trinajstić information content (AvgIpc) is 2.61. The highest BCUT2D eigenvalue weighted by Crippen LogP contribution is 2.42. The molecule has 0 amide bonds. The summed E-state index contributed by atoms with van der Waals surface area (Å²) in [6.45, 7) is 6.00. The fraction of sp³-hybridized carbons (Fsp3) is 0.318. The van der Waals surface area contributed by atoms with Crippen LogP contribution in [-0.4, -0.2) is 10.9 Å². The van der Waals surface area contributed by atoms with Crippen molar-refractivity contribution in [2.24, 2.45) is 5.41 Å². The number of carbonyl (C=O) groups excluding carboxylic acids is 1. The first-order chi connectivity index (χ1) is 12.3. The average molecular weight is 415 g/mol. The first-order valence-corrected chi connectivity index (χ1v) is 9.65. The van der Waals surface area contributed by atoms with Crippen LogP contribution < -0.4 is 4.74 Å². The summed E-state index contributed by atoms with van der Waals surface area (Å²) in [5.41, 5.74) is 1.86. The molecule has 4 heteroatoms. The van der Waals surface area contributed by atoms with Crippen LogP contribution in [0.3, 0.4) is 0 Å². The Labute approximate surface area is 162 Å². The van der Waals surface area contributed by atoms with Gasteiger partial charge in [-0.15, -0.1) is 0 Å². The number of rotatable bonds is 4. The van der Waals surface area contributed by atoms with Gasteiger partial charge in [-0.05, 0) is 60.4 Å². The molecule has 0 bridgehead atoms. The van der Waals surface area contributed by atoms with E-state index in [9.17, 15) is 9.90 Å². The van der Waals surface area contributed by atoms with Crippen molar-refractivity contribution in [3.63, 3.8) is 0 Å². The quantitative estimate of drug-likeness (QED) is 0.623. The van der Waals surface area contributed by atoms with Crippen molar-refractivity contribution in [3.05, 3.63) is 63.8 Å². The molecule has 0 radical (unpaired) electrons. The van der Waals surface area contributed by atoms with Crippen LogP contribution in [0.4, 0.5) is 0 Å².